The molecule has 1 heterocycles. The third-order valence-corrected chi connectivity index (χ3v) is 2.87. The summed E-state index contributed by atoms with van der Waals surface area (Å²) >= 11 is 0. The van der Waals surface area contributed by atoms with Crippen LogP contribution >= 0.6 is 0 Å². The SMILES string of the molecule is O/N=C(/CN1CCCC1)c1ccc(F)cc1. The molecule has 0 radical (unpaired) electrons. The summed E-state index contributed by atoms with van der Waals surface area (Å²) in [6, 6.07) is 6.04. The number of nitrogens with zero attached hydrogens (tertiary/aromatic N) is 2. The molecular weight excluding hydrogens is 207 g/mol. The van der Waals surface area contributed by atoms with E-state index in [-0.39, 0.29) is 5.82 Å². The van der Waals surface area contributed by atoms with Gasteiger partial charge in [0.15, 0.2) is 0 Å². The van der Waals surface area contributed by atoms with Crippen molar-refractivity contribution in [3.8, 4) is 0 Å². The molecule has 16 heavy (non-hydrogen) atoms. The third-order valence-electron chi connectivity index (χ3n) is 2.87. The van der Waals surface area contributed by atoms with Crippen molar-refractivity contribution in [2.24, 2.45) is 5.16 Å². The summed E-state index contributed by atoms with van der Waals surface area (Å²) in [7, 11) is 0. The minimum atomic E-state index is -0.276. The molecule has 86 valence electrons. The molecule has 0 saturated carbocycles. The molecule has 0 atom stereocenters. The van der Waals surface area contributed by atoms with Crippen molar-refractivity contribution in [3.05, 3.63) is 35.6 Å². The largest absolute Gasteiger partial charge is 0.411 e. The number of halogens is 1. The molecule has 0 bridgehead atoms. The first-order chi connectivity index (χ1) is 7.79. The van der Waals surface area contributed by atoms with Crippen LogP contribution in [0.4, 0.5) is 4.39 Å². The summed E-state index contributed by atoms with van der Waals surface area (Å²) in [5.41, 5.74) is 1.37. The third kappa shape index (κ3) is 2.58. The van der Waals surface area contributed by atoms with Gasteiger partial charge in [0.2, 0.25) is 0 Å². The van der Waals surface area contributed by atoms with Gasteiger partial charge in [-0.3, -0.25) is 4.90 Å². The Morgan fingerprint density at radius 3 is 2.44 bits per heavy atom. The van der Waals surface area contributed by atoms with Gasteiger partial charge in [0, 0.05) is 12.1 Å². The summed E-state index contributed by atoms with van der Waals surface area (Å²) in [6.07, 6.45) is 2.39. The Hall–Kier alpha value is -1.42. The number of benzene rings is 1. The first-order valence-electron chi connectivity index (χ1n) is 5.49. The van der Waals surface area contributed by atoms with E-state index in [0.29, 0.717) is 12.3 Å². The van der Waals surface area contributed by atoms with Crippen molar-refractivity contribution in [1.29, 1.82) is 0 Å². The van der Waals surface area contributed by atoms with Gasteiger partial charge in [-0.25, -0.2) is 4.39 Å². The van der Waals surface area contributed by atoms with Crippen molar-refractivity contribution in [2.75, 3.05) is 19.6 Å². The molecule has 0 spiro atoms. The Morgan fingerprint density at radius 1 is 1.25 bits per heavy atom. The van der Waals surface area contributed by atoms with Gasteiger partial charge in [0.25, 0.3) is 0 Å². The lowest BCUT2D eigenvalue weighted by molar-refractivity contribution is 0.311. The van der Waals surface area contributed by atoms with Gasteiger partial charge in [0.05, 0.1) is 0 Å². The molecule has 0 aromatic heterocycles. The zero-order chi connectivity index (χ0) is 11.4. The van der Waals surface area contributed by atoms with Crippen LogP contribution in [0.3, 0.4) is 0 Å². The molecule has 1 saturated heterocycles. The molecule has 1 aliphatic rings. The predicted molar refractivity (Wildman–Crippen MR) is 60.4 cm³/mol. The summed E-state index contributed by atoms with van der Waals surface area (Å²) in [5.74, 6) is -0.276. The summed E-state index contributed by atoms with van der Waals surface area (Å²) in [5, 5.41) is 12.3. The molecule has 0 unspecified atom stereocenters. The maximum Gasteiger partial charge on any atom is 0.123 e. The molecule has 1 aromatic rings. The van der Waals surface area contributed by atoms with Gasteiger partial charge in [-0.05, 0) is 38.1 Å². The summed E-state index contributed by atoms with van der Waals surface area (Å²) < 4.78 is 12.7. The number of hydrogen-bond donors (Lipinski definition) is 1. The van der Waals surface area contributed by atoms with Gasteiger partial charge in [-0.2, -0.15) is 0 Å². The average molecular weight is 222 g/mol. The number of oxime groups is 1. The second-order valence-electron chi connectivity index (χ2n) is 4.04. The van der Waals surface area contributed by atoms with E-state index < -0.39 is 0 Å². The van der Waals surface area contributed by atoms with Crippen LogP contribution in [0.25, 0.3) is 0 Å². The molecule has 0 aliphatic carbocycles. The molecule has 1 aliphatic heterocycles. The van der Waals surface area contributed by atoms with Crippen LogP contribution in [-0.2, 0) is 0 Å². The van der Waals surface area contributed by atoms with Crippen LogP contribution in [0, 0.1) is 5.82 Å². The highest BCUT2D eigenvalue weighted by Gasteiger charge is 2.15. The van der Waals surface area contributed by atoms with E-state index in [0.717, 1.165) is 18.7 Å². The van der Waals surface area contributed by atoms with E-state index in [1.165, 1.54) is 25.0 Å². The van der Waals surface area contributed by atoms with Gasteiger partial charge >= 0.3 is 0 Å². The van der Waals surface area contributed by atoms with Crippen LogP contribution < -0.4 is 0 Å². The second kappa shape index (κ2) is 5.07. The molecule has 1 fully saturated rings. The quantitative estimate of drug-likeness (QED) is 0.483. The van der Waals surface area contributed by atoms with Crippen molar-refractivity contribution in [1.82, 2.24) is 4.90 Å². The maximum absolute atomic E-state index is 12.7. The average Bonchev–Trinajstić information content (AvgIpc) is 2.80. The minimum Gasteiger partial charge on any atom is -0.411 e. The van der Waals surface area contributed by atoms with E-state index in [2.05, 4.69) is 10.1 Å². The predicted octanol–water partition coefficient (Wildman–Crippen LogP) is 2.10. The fourth-order valence-electron chi connectivity index (χ4n) is 1.98. The number of hydrogen-bond acceptors (Lipinski definition) is 3. The Morgan fingerprint density at radius 2 is 1.88 bits per heavy atom. The van der Waals surface area contributed by atoms with Crippen LogP contribution in [0.5, 0.6) is 0 Å². The fraction of sp³-hybridized carbons (Fsp3) is 0.417. The monoisotopic (exact) mass is 222 g/mol. The lowest BCUT2D eigenvalue weighted by atomic mass is 10.1. The summed E-state index contributed by atoms with van der Waals surface area (Å²) in [6.45, 7) is 2.71. The molecular formula is C12H15FN2O. The van der Waals surface area contributed by atoms with Gasteiger partial charge in [-0.1, -0.05) is 17.3 Å². The Labute approximate surface area is 94.2 Å². The van der Waals surface area contributed by atoms with Crippen molar-refractivity contribution in [2.45, 2.75) is 12.8 Å². The van der Waals surface area contributed by atoms with E-state index in [1.54, 1.807) is 12.1 Å². The van der Waals surface area contributed by atoms with Crippen LogP contribution in [0.2, 0.25) is 0 Å². The first-order valence-corrected chi connectivity index (χ1v) is 5.49. The number of likely N-dealkylation sites (tertiary alicyclic amines) is 1. The Bertz CT molecular complexity index is 369. The Kier molecular flexibility index (Phi) is 3.51. The lowest BCUT2D eigenvalue weighted by Crippen LogP contribution is -2.27. The highest BCUT2D eigenvalue weighted by atomic mass is 19.1. The second-order valence-corrected chi connectivity index (χ2v) is 4.04. The molecule has 1 N–H and O–H groups in total. The van der Waals surface area contributed by atoms with Gasteiger partial charge < -0.3 is 5.21 Å². The zero-order valence-corrected chi connectivity index (χ0v) is 9.06. The van der Waals surface area contributed by atoms with Gasteiger partial charge in [-0.15, -0.1) is 0 Å². The molecule has 0 amide bonds. The Balaban J connectivity index is 2.07. The van der Waals surface area contributed by atoms with Crippen LogP contribution in [-0.4, -0.2) is 35.5 Å². The standard InChI is InChI=1S/C12H15FN2O/c13-11-5-3-10(4-6-11)12(14-16)9-15-7-1-2-8-15/h3-6,16H,1-2,7-9H2/b14-12-. The molecule has 3 nitrogen and oxygen atoms in total. The highest BCUT2D eigenvalue weighted by molar-refractivity contribution is 6.01. The van der Waals surface area contributed by atoms with E-state index in [9.17, 15) is 4.39 Å². The van der Waals surface area contributed by atoms with Crippen molar-refractivity contribution in [3.63, 3.8) is 0 Å². The summed E-state index contributed by atoms with van der Waals surface area (Å²) in [4.78, 5) is 2.23. The number of rotatable bonds is 3. The van der Waals surface area contributed by atoms with Crippen molar-refractivity contribution >= 4 is 5.71 Å². The van der Waals surface area contributed by atoms with E-state index in [1.807, 2.05) is 0 Å². The fourth-order valence-corrected chi connectivity index (χ4v) is 1.98. The van der Waals surface area contributed by atoms with Crippen molar-refractivity contribution < 1.29 is 9.60 Å². The lowest BCUT2D eigenvalue weighted by Gasteiger charge is -2.15. The minimum absolute atomic E-state index is 0.276. The highest BCUT2D eigenvalue weighted by Crippen LogP contribution is 2.10. The van der Waals surface area contributed by atoms with E-state index >= 15 is 0 Å². The van der Waals surface area contributed by atoms with E-state index in [4.69, 9.17) is 5.21 Å². The normalized spacial score (nSPS) is 17.9. The first kappa shape index (κ1) is 11.1. The zero-order valence-electron chi connectivity index (χ0n) is 9.06. The molecule has 2 rings (SSSR count). The van der Waals surface area contributed by atoms with Crippen LogP contribution in [0.1, 0.15) is 18.4 Å². The smallest absolute Gasteiger partial charge is 0.123 e. The molecule has 1 aromatic carbocycles. The van der Waals surface area contributed by atoms with Crippen LogP contribution in [0.15, 0.2) is 29.4 Å². The maximum atomic E-state index is 12.7. The topological polar surface area (TPSA) is 35.8 Å². The van der Waals surface area contributed by atoms with Gasteiger partial charge in [0.1, 0.15) is 11.5 Å². The molecule has 4 heteroatoms.